The van der Waals surface area contributed by atoms with E-state index in [9.17, 15) is 19.2 Å². The average molecular weight is 851 g/mol. The number of carbonyl (C=O) groups is 4. The fraction of sp³-hybridized carbons (Fsp3) is 0.533. The van der Waals surface area contributed by atoms with E-state index in [2.05, 4.69) is 36.5 Å². The number of ether oxygens (including phenoxy) is 3. The van der Waals surface area contributed by atoms with Crippen LogP contribution in [-0.4, -0.2) is 113 Å². The van der Waals surface area contributed by atoms with Crippen LogP contribution in [0.2, 0.25) is 5.02 Å². The van der Waals surface area contributed by atoms with Gasteiger partial charge < -0.3 is 29.3 Å². The first-order valence-electron chi connectivity index (χ1n) is 21.7. The molecule has 15 nitrogen and oxygen atoms in total. The van der Waals surface area contributed by atoms with E-state index >= 15 is 0 Å². The van der Waals surface area contributed by atoms with Crippen molar-refractivity contribution < 1.29 is 33.4 Å². The maximum absolute atomic E-state index is 13.1. The van der Waals surface area contributed by atoms with Crippen molar-refractivity contribution in [2.24, 2.45) is 11.8 Å². The molecule has 4 aliphatic heterocycles. The first kappa shape index (κ1) is 41.1. The Hall–Kier alpha value is -5.30. The van der Waals surface area contributed by atoms with E-state index in [4.69, 9.17) is 31.1 Å². The van der Waals surface area contributed by atoms with Gasteiger partial charge in [0.2, 0.25) is 11.8 Å². The Balaban J connectivity index is 0.713. The van der Waals surface area contributed by atoms with E-state index in [0.717, 1.165) is 108 Å². The average Bonchev–Trinajstić information content (AvgIpc) is 3.55. The van der Waals surface area contributed by atoms with Gasteiger partial charge in [-0.2, -0.15) is 5.26 Å². The smallest absolute Gasteiger partial charge is 0.271 e. The summed E-state index contributed by atoms with van der Waals surface area (Å²) < 4.78 is 18.1. The Bertz CT molecular complexity index is 2180. The van der Waals surface area contributed by atoms with Crippen LogP contribution >= 0.6 is 11.6 Å². The van der Waals surface area contributed by atoms with E-state index in [-0.39, 0.29) is 42.4 Å². The monoisotopic (exact) mass is 850 g/mol. The van der Waals surface area contributed by atoms with Gasteiger partial charge in [0.15, 0.2) is 0 Å². The molecule has 16 heteroatoms. The van der Waals surface area contributed by atoms with Crippen LogP contribution in [0.5, 0.6) is 11.5 Å². The second-order valence-electron chi connectivity index (χ2n) is 17.5. The molecule has 2 aliphatic carbocycles. The topological polar surface area (TPSA) is 179 Å². The lowest BCUT2D eigenvalue weighted by Gasteiger charge is -2.46. The number of hydrogen-bond acceptors (Lipinski definition) is 12. The molecular formula is C45H51ClN8O7. The molecule has 5 heterocycles. The summed E-state index contributed by atoms with van der Waals surface area (Å²) in [4.78, 5) is 66.0. The number of nitrogens with one attached hydrogen (secondary N) is 2. The molecule has 0 bridgehead atoms. The number of aromatic nitrogens is 2. The summed E-state index contributed by atoms with van der Waals surface area (Å²) in [6.45, 7) is 5.76. The van der Waals surface area contributed by atoms with Crippen molar-refractivity contribution in [1.82, 2.24) is 30.4 Å². The summed E-state index contributed by atoms with van der Waals surface area (Å²) in [5, 5.41) is 15.0. The summed E-state index contributed by atoms with van der Waals surface area (Å²) in [5.74, 6) is 2.17. The zero-order valence-electron chi connectivity index (χ0n) is 34.1. The molecule has 3 saturated heterocycles. The number of rotatable bonds is 13. The number of carbonyl (C=O) groups excluding carboxylic acids is 4. The van der Waals surface area contributed by atoms with Gasteiger partial charge in [0.1, 0.15) is 41.2 Å². The Morgan fingerprint density at radius 1 is 0.918 bits per heavy atom. The molecule has 2 aromatic carbocycles. The summed E-state index contributed by atoms with van der Waals surface area (Å²) >= 11 is 6.16. The van der Waals surface area contributed by atoms with Gasteiger partial charge in [0, 0.05) is 81.6 Å². The molecular weight excluding hydrogens is 800 g/mol. The second kappa shape index (κ2) is 18.0. The number of nitriles is 1. The number of imide groups is 1. The molecule has 1 aromatic heterocycles. The molecule has 2 N–H and O–H groups in total. The molecule has 0 spiro atoms. The Morgan fingerprint density at radius 2 is 1.66 bits per heavy atom. The zero-order valence-corrected chi connectivity index (χ0v) is 34.9. The molecule has 6 aliphatic rings. The van der Waals surface area contributed by atoms with Crippen LogP contribution in [0.15, 0.2) is 48.8 Å². The highest BCUT2D eigenvalue weighted by Crippen LogP contribution is 2.36. The number of anilines is 1. The van der Waals surface area contributed by atoms with Gasteiger partial charge in [0.05, 0.1) is 42.3 Å². The van der Waals surface area contributed by atoms with Crippen molar-refractivity contribution in [3.63, 3.8) is 0 Å². The van der Waals surface area contributed by atoms with Gasteiger partial charge in [0.25, 0.3) is 11.8 Å². The van der Waals surface area contributed by atoms with Crippen molar-refractivity contribution in [2.45, 2.75) is 101 Å². The lowest BCUT2D eigenvalue weighted by atomic mass is 9.85. The summed E-state index contributed by atoms with van der Waals surface area (Å²) in [7, 11) is 0. The van der Waals surface area contributed by atoms with Crippen molar-refractivity contribution in [3.05, 3.63) is 76.2 Å². The number of piperidine rings is 2. The number of hydrogen-bond donors (Lipinski definition) is 2. The SMILES string of the molecule is N#Cc1ccc(OC2CCC(NC(=O)c3cnc(N4CCC(CN(CC5COC5)C5CC(Oc6ccc7c(c6)CN([C@@H]6CCC(=O)NC6=O)C7=O)C5)CC4)cn3)CC2)cc1Cl. The van der Waals surface area contributed by atoms with Crippen molar-refractivity contribution in [1.29, 1.82) is 5.26 Å². The second-order valence-corrected chi connectivity index (χ2v) is 17.9. The van der Waals surface area contributed by atoms with E-state index in [0.29, 0.717) is 58.4 Å². The Kier molecular flexibility index (Phi) is 12.1. The zero-order chi connectivity index (χ0) is 42.0. The van der Waals surface area contributed by atoms with Gasteiger partial charge in [-0.15, -0.1) is 0 Å². The number of nitrogens with zero attached hydrogens (tertiary/aromatic N) is 6. The lowest BCUT2D eigenvalue weighted by molar-refractivity contribution is -0.136. The van der Waals surface area contributed by atoms with Crippen LogP contribution in [0.1, 0.15) is 96.2 Å². The summed E-state index contributed by atoms with van der Waals surface area (Å²) in [5.41, 5.74) is 2.16. The standard InChI is InChI=1S/C45H51ClN8O7/c46-38-18-35(4-1-29(38)19-47)60-33-5-2-31(3-6-33)50-43(56)39-20-49-41(21-48-39)52-13-11-27(12-14-52)22-53(23-28-25-59-26-28)32-16-36(17-32)61-34-7-8-37-30(15-34)24-54(45(37)58)40-9-10-42(55)51-44(40)57/h1,4,7-8,15,18,20-21,27-28,31-33,36,40H,2-3,5-6,9-14,16-17,22-26H2,(H,50,56)(H,51,55,57)/t31?,32?,33?,36?,40-/m1/s1. The van der Waals surface area contributed by atoms with Gasteiger partial charge in [-0.05, 0) is 86.8 Å². The van der Waals surface area contributed by atoms with Crippen LogP contribution in [0.3, 0.4) is 0 Å². The minimum absolute atomic E-state index is 0.0217. The minimum atomic E-state index is -0.636. The largest absolute Gasteiger partial charge is 0.490 e. The molecule has 9 rings (SSSR count). The van der Waals surface area contributed by atoms with Crippen LogP contribution in [0.25, 0.3) is 0 Å². The van der Waals surface area contributed by atoms with Crippen LogP contribution in [0, 0.1) is 23.2 Å². The molecule has 1 atom stereocenters. The molecule has 2 saturated carbocycles. The number of fused-ring (bicyclic) bond motifs is 1. The van der Waals surface area contributed by atoms with Gasteiger partial charge in [-0.1, -0.05) is 11.6 Å². The van der Waals surface area contributed by atoms with Gasteiger partial charge in [-0.25, -0.2) is 9.97 Å². The van der Waals surface area contributed by atoms with Crippen LogP contribution in [-0.2, 0) is 20.9 Å². The van der Waals surface area contributed by atoms with E-state index < -0.39 is 11.9 Å². The third-order valence-corrected chi connectivity index (χ3v) is 13.6. The quantitative estimate of drug-likeness (QED) is 0.228. The fourth-order valence-corrected chi connectivity index (χ4v) is 9.77. The number of benzene rings is 2. The predicted molar refractivity (Wildman–Crippen MR) is 223 cm³/mol. The third-order valence-electron chi connectivity index (χ3n) is 13.3. The molecule has 3 aromatic rings. The molecule has 320 valence electrons. The lowest BCUT2D eigenvalue weighted by Crippen LogP contribution is -2.54. The van der Waals surface area contributed by atoms with Crippen molar-refractivity contribution in [2.75, 3.05) is 44.3 Å². The van der Waals surface area contributed by atoms with E-state index in [1.807, 2.05) is 12.1 Å². The Morgan fingerprint density at radius 3 is 2.34 bits per heavy atom. The predicted octanol–water partition coefficient (Wildman–Crippen LogP) is 4.66. The molecule has 5 fully saturated rings. The Labute approximate surface area is 360 Å². The maximum atomic E-state index is 13.1. The first-order chi connectivity index (χ1) is 29.6. The van der Waals surface area contributed by atoms with Gasteiger partial charge >= 0.3 is 0 Å². The van der Waals surface area contributed by atoms with Crippen molar-refractivity contribution >= 4 is 41.0 Å². The van der Waals surface area contributed by atoms with E-state index in [1.54, 1.807) is 41.6 Å². The highest BCUT2D eigenvalue weighted by Gasteiger charge is 2.41. The van der Waals surface area contributed by atoms with Crippen LogP contribution < -0.4 is 25.0 Å². The van der Waals surface area contributed by atoms with Gasteiger partial charge in [-0.3, -0.25) is 29.4 Å². The van der Waals surface area contributed by atoms with Crippen LogP contribution in [0.4, 0.5) is 5.82 Å². The number of halogens is 1. The third kappa shape index (κ3) is 9.32. The normalized spacial score (nSPS) is 25.6. The van der Waals surface area contributed by atoms with Crippen molar-refractivity contribution in [3.8, 4) is 17.6 Å². The fourth-order valence-electron chi connectivity index (χ4n) is 9.56. The highest BCUT2D eigenvalue weighted by molar-refractivity contribution is 6.31. The number of amides is 4. The van der Waals surface area contributed by atoms with E-state index in [1.165, 1.54) is 0 Å². The first-order valence-corrected chi connectivity index (χ1v) is 22.0. The molecule has 0 unspecified atom stereocenters. The molecule has 4 amide bonds. The molecule has 0 radical (unpaired) electrons. The maximum Gasteiger partial charge on any atom is 0.271 e. The summed E-state index contributed by atoms with van der Waals surface area (Å²) in [6.07, 6.45) is 11.1. The highest BCUT2D eigenvalue weighted by atomic mass is 35.5. The molecule has 61 heavy (non-hydrogen) atoms. The summed E-state index contributed by atoms with van der Waals surface area (Å²) in [6, 6.07) is 12.6. The minimum Gasteiger partial charge on any atom is -0.490 e.